The average Bonchev–Trinajstić information content (AvgIpc) is 2.76. The van der Waals surface area contributed by atoms with Crippen molar-refractivity contribution in [2.45, 2.75) is 51.1 Å². The van der Waals surface area contributed by atoms with Crippen LogP contribution < -0.4 is 11.1 Å². The van der Waals surface area contributed by atoms with E-state index in [9.17, 15) is 4.79 Å². The molecule has 1 saturated carbocycles. The summed E-state index contributed by atoms with van der Waals surface area (Å²) in [5, 5.41) is 3.21. The fraction of sp³-hybridized carbons (Fsp3) is 0.923. The van der Waals surface area contributed by atoms with Crippen LogP contribution in [0.15, 0.2) is 0 Å². The van der Waals surface area contributed by atoms with Gasteiger partial charge in [0.25, 0.3) is 0 Å². The molecule has 1 heterocycles. The van der Waals surface area contributed by atoms with Crippen molar-refractivity contribution in [1.29, 1.82) is 0 Å². The molecule has 4 nitrogen and oxygen atoms in total. The first-order valence-electron chi connectivity index (χ1n) is 6.97. The van der Waals surface area contributed by atoms with Crippen molar-refractivity contribution in [1.82, 2.24) is 10.2 Å². The Kier molecular flexibility index (Phi) is 8.99. The minimum atomic E-state index is 0. The summed E-state index contributed by atoms with van der Waals surface area (Å²) in [4.78, 5) is 14.5. The lowest BCUT2D eigenvalue weighted by atomic mass is 10.0. The molecule has 1 aliphatic carbocycles. The van der Waals surface area contributed by atoms with Gasteiger partial charge in [-0.1, -0.05) is 6.92 Å². The van der Waals surface area contributed by atoms with E-state index in [-0.39, 0.29) is 42.7 Å². The maximum absolute atomic E-state index is 12.1. The SMILES string of the molecule is CCN1CCCC(NC(=O)C2CCC(N)C2)C1.Cl.Cl. The van der Waals surface area contributed by atoms with E-state index < -0.39 is 0 Å². The summed E-state index contributed by atoms with van der Waals surface area (Å²) >= 11 is 0. The molecule has 19 heavy (non-hydrogen) atoms. The Morgan fingerprint density at radius 3 is 2.63 bits per heavy atom. The van der Waals surface area contributed by atoms with Crippen LogP contribution in [0.1, 0.15) is 39.0 Å². The highest BCUT2D eigenvalue weighted by Gasteiger charge is 2.29. The van der Waals surface area contributed by atoms with Crippen LogP contribution in [0.4, 0.5) is 0 Å². The highest BCUT2D eigenvalue weighted by atomic mass is 35.5. The minimum absolute atomic E-state index is 0. The van der Waals surface area contributed by atoms with Crippen molar-refractivity contribution in [3.8, 4) is 0 Å². The van der Waals surface area contributed by atoms with Gasteiger partial charge in [-0.2, -0.15) is 0 Å². The molecule has 1 aliphatic heterocycles. The van der Waals surface area contributed by atoms with Crippen LogP contribution in [0.25, 0.3) is 0 Å². The summed E-state index contributed by atoms with van der Waals surface area (Å²) in [6.07, 6.45) is 5.17. The Hall–Kier alpha value is -0.0300. The third-order valence-electron chi connectivity index (χ3n) is 4.14. The molecule has 0 aromatic rings. The molecule has 0 bridgehead atoms. The topological polar surface area (TPSA) is 58.4 Å². The molecule has 114 valence electrons. The van der Waals surface area contributed by atoms with Gasteiger partial charge in [0.1, 0.15) is 0 Å². The number of carbonyl (C=O) groups excluding carboxylic acids is 1. The first-order chi connectivity index (χ1) is 8.19. The summed E-state index contributed by atoms with van der Waals surface area (Å²) in [5.74, 6) is 0.405. The number of nitrogens with one attached hydrogen (secondary N) is 1. The van der Waals surface area contributed by atoms with E-state index in [1.807, 2.05) is 0 Å². The molecule has 3 atom stereocenters. The number of likely N-dealkylation sites (N-methyl/N-ethyl adjacent to an activating group) is 1. The van der Waals surface area contributed by atoms with Gasteiger partial charge in [0, 0.05) is 24.5 Å². The van der Waals surface area contributed by atoms with E-state index >= 15 is 0 Å². The first-order valence-corrected chi connectivity index (χ1v) is 6.97. The zero-order chi connectivity index (χ0) is 12.3. The molecule has 1 amide bonds. The predicted molar refractivity (Wildman–Crippen MR) is 83.1 cm³/mol. The summed E-state index contributed by atoms with van der Waals surface area (Å²) in [6.45, 7) is 5.46. The molecule has 1 saturated heterocycles. The van der Waals surface area contributed by atoms with E-state index in [4.69, 9.17) is 5.73 Å². The van der Waals surface area contributed by atoms with Gasteiger partial charge in [0.15, 0.2) is 0 Å². The second-order valence-corrected chi connectivity index (χ2v) is 5.51. The molecule has 3 N–H and O–H groups in total. The lowest BCUT2D eigenvalue weighted by Gasteiger charge is -2.32. The van der Waals surface area contributed by atoms with Gasteiger partial charge >= 0.3 is 0 Å². The summed E-state index contributed by atoms with van der Waals surface area (Å²) < 4.78 is 0. The molecule has 6 heteroatoms. The van der Waals surface area contributed by atoms with Crippen molar-refractivity contribution >= 4 is 30.7 Å². The van der Waals surface area contributed by atoms with Crippen LogP contribution >= 0.6 is 24.8 Å². The quantitative estimate of drug-likeness (QED) is 0.831. The van der Waals surface area contributed by atoms with E-state index in [0.717, 1.165) is 38.8 Å². The largest absolute Gasteiger partial charge is 0.352 e. The number of hydrogen-bond donors (Lipinski definition) is 2. The van der Waals surface area contributed by atoms with Crippen molar-refractivity contribution < 1.29 is 4.79 Å². The number of amides is 1. The highest BCUT2D eigenvalue weighted by Crippen LogP contribution is 2.24. The Morgan fingerprint density at radius 2 is 2.05 bits per heavy atom. The Morgan fingerprint density at radius 1 is 1.32 bits per heavy atom. The van der Waals surface area contributed by atoms with Crippen LogP contribution in [0.3, 0.4) is 0 Å². The summed E-state index contributed by atoms with van der Waals surface area (Å²) in [7, 11) is 0. The fourth-order valence-electron chi connectivity index (χ4n) is 3.03. The van der Waals surface area contributed by atoms with Crippen LogP contribution in [-0.4, -0.2) is 42.5 Å². The zero-order valence-electron chi connectivity index (χ0n) is 11.6. The van der Waals surface area contributed by atoms with E-state index in [0.29, 0.717) is 6.04 Å². The monoisotopic (exact) mass is 311 g/mol. The van der Waals surface area contributed by atoms with Gasteiger partial charge in [0.2, 0.25) is 5.91 Å². The lowest BCUT2D eigenvalue weighted by Crippen LogP contribution is -2.48. The zero-order valence-corrected chi connectivity index (χ0v) is 13.3. The van der Waals surface area contributed by atoms with Crippen molar-refractivity contribution in [3.05, 3.63) is 0 Å². The Bertz CT molecular complexity index is 279. The predicted octanol–water partition coefficient (Wildman–Crippen LogP) is 1.56. The first kappa shape index (κ1) is 19.0. The Labute approximate surface area is 128 Å². The Balaban J connectivity index is 0.00000162. The third-order valence-corrected chi connectivity index (χ3v) is 4.14. The summed E-state index contributed by atoms with van der Waals surface area (Å²) in [6, 6.07) is 0.595. The molecule has 0 aromatic heterocycles. The van der Waals surface area contributed by atoms with Gasteiger partial charge in [-0.3, -0.25) is 4.79 Å². The number of piperidine rings is 1. The van der Waals surface area contributed by atoms with Gasteiger partial charge in [-0.05, 0) is 45.2 Å². The maximum atomic E-state index is 12.1. The number of hydrogen-bond acceptors (Lipinski definition) is 3. The smallest absolute Gasteiger partial charge is 0.223 e. The normalized spacial score (nSPS) is 31.2. The van der Waals surface area contributed by atoms with Crippen LogP contribution in [0, 0.1) is 5.92 Å². The fourth-order valence-corrected chi connectivity index (χ4v) is 3.03. The van der Waals surface area contributed by atoms with Gasteiger partial charge in [-0.15, -0.1) is 24.8 Å². The number of rotatable bonds is 3. The van der Waals surface area contributed by atoms with E-state index in [1.165, 1.54) is 13.0 Å². The molecule has 2 aliphatic rings. The van der Waals surface area contributed by atoms with Crippen LogP contribution in [-0.2, 0) is 4.79 Å². The van der Waals surface area contributed by atoms with Gasteiger partial charge in [0.05, 0.1) is 0 Å². The van der Waals surface area contributed by atoms with E-state index in [2.05, 4.69) is 17.1 Å². The van der Waals surface area contributed by atoms with Gasteiger partial charge in [-0.25, -0.2) is 0 Å². The van der Waals surface area contributed by atoms with Crippen LogP contribution in [0.5, 0.6) is 0 Å². The molecule has 0 aromatic carbocycles. The number of halogens is 2. The van der Waals surface area contributed by atoms with Crippen molar-refractivity contribution in [2.75, 3.05) is 19.6 Å². The molecule has 2 fully saturated rings. The standard InChI is InChI=1S/C13H25N3O.2ClH/c1-2-16-7-3-4-12(9-16)15-13(17)10-5-6-11(14)8-10;;/h10-12H,2-9,14H2,1H3,(H,15,17);2*1H. The van der Waals surface area contributed by atoms with Crippen molar-refractivity contribution in [2.24, 2.45) is 11.7 Å². The minimum Gasteiger partial charge on any atom is -0.352 e. The molecule has 2 rings (SSSR count). The number of nitrogens with zero attached hydrogens (tertiary/aromatic N) is 1. The van der Waals surface area contributed by atoms with E-state index in [1.54, 1.807) is 0 Å². The molecular formula is C13H27Cl2N3O. The molecule has 3 unspecified atom stereocenters. The second kappa shape index (κ2) is 9.01. The second-order valence-electron chi connectivity index (χ2n) is 5.51. The average molecular weight is 312 g/mol. The molecular weight excluding hydrogens is 285 g/mol. The third kappa shape index (κ3) is 5.46. The van der Waals surface area contributed by atoms with Gasteiger partial charge < -0.3 is 16.0 Å². The summed E-state index contributed by atoms with van der Waals surface area (Å²) in [5.41, 5.74) is 5.85. The van der Waals surface area contributed by atoms with Crippen molar-refractivity contribution in [3.63, 3.8) is 0 Å². The van der Waals surface area contributed by atoms with Crippen LogP contribution in [0.2, 0.25) is 0 Å². The maximum Gasteiger partial charge on any atom is 0.223 e. The molecule has 0 radical (unpaired) electrons. The molecule has 0 spiro atoms. The number of nitrogens with two attached hydrogens (primary N) is 1. The lowest BCUT2D eigenvalue weighted by molar-refractivity contribution is -0.125. The number of likely N-dealkylation sites (tertiary alicyclic amines) is 1. The number of carbonyl (C=O) groups is 1. The highest BCUT2D eigenvalue weighted by molar-refractivity contribution is 5.85.